The molecule has 0 bridgehead atoms. The number of benzene rings is 3. The van der Waals surface area contributed by atoms with Crippen LogP contribution in [0.4, 0.5) is 11.4 Å². The molecule has 35 heavy (non-hydrogen) atoms. The lowest BCUT2D eigenvalue weighted by molar-refractivity contribution is -0.125. The van der Waals surface area contributed by atoms with Crippen molar-refractivity contribution in [2.75, 3.05) is 31.1 Å². The number of hydrazine groups is 1. The maximum atomic E-state index is 12.9. The summed E-state index contributed by atoms with van der Waals surface area (Å²) < 4.78 is 17.6. The van der Waals surface area contributed by atoms with E-state index in [0.717, 1.165) is 15.7 Å². The van der Waals surface area contributed by atoms with E-state index in [2.05, 4.69) is 26.8 Å². The summed E-state index contributed by atoms with van der Waals surface area (Å²) in [7, 11) is 3.14. The first-order chi connectivity index (χ1) is 17.0. The van der Waals surface area contributed by atoms with Crippen molar-refractivity contribution >= 4 is 39.1 Å². The van der Waals surface area contributed by atoms with Crippen molar-refractivity contribution in [3.63, 3.8) is 0 Å². The van der Waals surface area contributed by atoms with Crippen LogP contribution in [0.5, 0.6) is 17.2 Å². The Labute approximate surface area is 212 Å². The summed E-state index contributed by atoms with van der Waals surface area (Å²) in [5.74, 6) is 0.833. The summed E-state index contributed by atoms with van der Waals surface area (Å²) >= 11 is 3.42. The highest BCUT2D eigenvalue weighted by Crippen LogP contribution is 2.35. The maximum absolute atomic E-state index is 12.9. The summed E-state index contributed by atoms with van der Waals surface area (Å²) in [6.07, 6.45) is 0.130. The van der Waals surface area contributed by atoms with Crippen molar-refractivity contribution in [2.24, 2.45) is 5.92 Å². The molecule has 0 radical (unpaired) electrons. The molecule has 0 aromatic heterocycles. The van der Waals surface area contributed by atoms with Gasteiger partial charge in [0.15, 0.2) is 11.5 Å². The van der Waals surface area contributed by atoms with Crippen LogP contribution in [0.15, 0.2) is 71.2 Å². The third kappa shape index (κ3) is 5.86. The van der Waals surface area contributed by atoms with Crippen LogP contribution < -0.4 is 30.0 Å². The number of ether oxygens (including phenoxy) is 3. The predicted octanol–water partition coefficient (Wildman–Crippen LogP) is 4.54. The van der Waals surface area contributed by atoms with Crippen LogP contribution >= 0.6 is 15.9 Å². The van der Waals surface area contributed by atoms with Crippen LogP contribution in [0.1, 0.15) is 12.0 Å². The Morgan fingerprint density at radius 1 is 1.03 bits per heavy atom. The summed E-state index contributed by atoms with van der Waals surface area (Å²) in [6.45, 7) is 0.619. The zero-order chi connectivity index (χ0) is 24.8. The lowest BCUT2D eigenvalue weighted by Crippen LogP contribution is -2.36. The molecule has 3 aromatic carbocycles. The van der Waals surface area contributed by atoms with Crippen LogP contribution in [0.3, 0.4) is 0 Å². The number of nitrogens with zero attached hydrogens (tertiary/aromatic N) is 1. The molecule has 2 N–H and O–H groups in total. The molecule has 1 atom stereocenters. The van der Waals surface area contributed by atoms with E-state index in [-0.39, 0.29) is 18.2 Å². The van der Waals surface area contributed by atoms with Gasteiger partial charge < -0.3 is 19.1 Å². The summed E-state index contributed by atoms with van der Waals surface area (Å²) in [5.41, 5.74) is 7.92. The van der Waals surface area contributed by atoms with Crippen LogP contribution in [-0.4, -0.2) is 32.6 Å². The fraction of sp³-hybridized carbons (Fsp3) is 0.231. The number of methoxy groups -OCH3 is 2. The van der Waals surface area contributed by atoms with Gasteiger partial charge in [0.2, 0.25) is 11.8 Å². The smallest absolute Gasteiger partial charge is 0.243 e. The van der Waals surface area contributed by atoms with Gasteiger partial charge in [-0.05, 0) is 54.1 Å². The van der Waals surface area contributed by atoms with E-state index in [0.29, 0.717) is 36.1 Å². The third-order valence-electron chi connectivity index (χ3n) is 5.70. The number of hydrogen-bond donors (Lipinski definition) is 2. The van der Waals surface area contributed by atoms with Crippen molar-refractivity contribution in [3.05, 3.63) is 76.8 Å². The quantitative estimate of drug-likeness (QED) is 0.388. The minimum atomic E-state index is -0.491. The van der Waals surface area contributed by atoms with Gasteiger partial charge in [-0.25, -0.2) is 0 Å². The SMILES string of the molecule is COc1ccc(N2C[C@H](C(=O)NNc3cccc(OC)c3OCc3ccc(Br)cc3)CC2=O)cc1. The molecule has 1 saturated heterocycles. The number of carbonyl (C=O) groups is 2. The molecule has 0 spiro atoms. The number of halogens is 1. The molecule has 1 fully saturated rings. The molecule has 0 aliphatic carbocycles. The van der Waals surface area contributed by atoms with Gasteiger partial charge in [0.05, 0.1) is 25.8 Å². The lowest BCUT2D eigenvalue weighted by atomic mass is 10.1. The van der Waals surface area contributed by atoms with Crippen molar-refractivity contribution < 1.29 is 23.8 Å². The fourth-order valence-electron chi connectivity index (χ4n) is 3.79. The second-order valence-corrected chi connectivity index (χ2v) is 8.89. The number of amides is 2. The average molecular weight is 540 g/mol. The predicted molar refractivity (Wildman–Crippen MR) is 137 cm³/mol. The highest BCUT2D eigenvalue weighted by atomic mass is 79.9. The standard InChI is InChI=1S/C26H26BrN3O5/c1-33-21-12-10-20(11-13-21)30-15-18(14-24(30)31)26(32)29-28-22-4-3-5-23(34-2)25(22)35-16-17-6-8-19(27)9-7-17/h3-13,18,28H,14-16H2,1-2H3,(H,29,32)/t18-/m1/s1. The minimum Gasteiger partial charge on any atom is -0.497 e. The van der Waals surface area contributed by atoms with Gasteiger partial charge in [-0.2, -0.15) is 0 Å². The van der Waals surface area contributed by atoms with E-state index < -0.39 is 5.92 Å². The minimum absolute atomic E-state index is 0.102. The van der Waals surface area contributed by atoms with E-state index in [4.69, 9.17) is 14.2 Å². The monoisotopic (exact) mass is 539 g/mol. The normalized spacial score (nSPS) is 15.0. The second-order valence-electron chi connectivity index (χ2n) is 7.97. The van der Waals surface area contributed by atoms with Crippen molar-refractivity contribution in [1.29, 1.82) is 0 Å². The van der Waals surface area contributed by atoms with Crippen LogP contribution in [0, 0.1) is 5.92 Å². The van der Waals surface area contributed by atoms with E-state index in [1.807, 2.05) is 24.3 Å². The molecule has 3 aromatic rings. The Morgan fingerprint density at radius 3 is 2.46 bits per heavy atom. The number of nitrogens with one attached hydrogen (secondary N) is 2. The fourth-order valence-corrected chi connectivity index (χ4v) is 4.05. The molecule has 9 heteroatoms. The van der Waals surface area contributed by atoms with Gasteiger partial charge in [0.25, 0.3) is 0 Å². The number of para-hydroxylation sites is 1. The van der Waals surface area contributed by atoms with Gasteiger partial charge in [-0.3, -0.25) is 20.4 Å². The van der Waals surface area contributed by atoms with Crippen LogP contribution in [0.25, 0.3) is 0 Å². The third-order valence-corrected chi connectivity index (χ3v) is 6.22. The molecular weight excluding hydrogens is 514 g/mol. The molecule has 1 aliphatic heterocycles. The van der Waals surface area contributed by atoms with Crippen LogP contribution in [-0.2, 0) is 16.2 Å². The topological polar surface area (TPSA) is 89.1 Å². The maximum Gasteiger partial charge on any atom is 0.243 e. The number of hydrogen-bond acceptors (Lipinski definition) is 6. The highest BCUT2D eigenvalue weighted by molar-refractivity contribution is 9.10. The van der Waals surface area contributed by atoms with E-state index in [1.54, 1.807) is 61.6 Å². The van der Waals surface area contributed by atoms with Crippen LogP contribution in [0.2, 0.25) is 0 Å². The zero-order valence-corrected chi connectivity index (χ0v) is 21.0. The summed E-state index contributed by atoms with van der Waals surface area (Å²) in [6, 6.07) is 20.4. The Morgan fingerprint density at radius 2 is 1.77 bits per heavy atom. The summed E-state index contributed by atoms with van der Waals surface area (Å²) in [5, 5.41) is 0. The average Bonchev–Trinajstić information content (AvgIpc) is 3.28. The van der Waals surface area contributed by atoms with Crippen molar-refractivity contribution in [1.82, 2.24) is 5.43 Å². The highest BCUT2D eigenvalue weighted by Gasteiger charge is 2.35. The summed E-state index contributed by atoms with van der Waals surface area (Å²) in [4.78, 5) is 27.0. The lowest BCUT2D eigenvalue weighted by Gasteiger charge is -2.19. The molecule has 1 heterocycles. The molecule has 1 aliphatic rings. The molecule has 4 rings (SSSR count). The Balaban J connectivity index is 1.40. The van der Waals surface area contributed by atoms with Gasteiger partial charge >= 0.3 is 0 Å². The van der Waals surface area contributed by atoms with E-state index >= 15 is 0 Å². The molecule has 182 valence electrons. The number of anilines is 2. The van der Waals surface area contributed by atoms with Gasteiger partial charge in [0.1, 0.15) is 12.4 Å². The molecule has 0 unspecified atom stereocenters. The van der Waals surface area contributed by atoms with Gasteiger partial charge in [-0.1, -0.05) is 34.1 Å². The number of carbonyl (C=O) groups excluding carboxylic acids is 2. The first-order valence-corrected chi connectivity index (χ1v) is 11.8. The van der Waals surface area contributed by atoms with Crippen molar-refractivity contribution in [3.8, 4) is 17.2 Å². The van der Waals surface area contributed by atoms with Gasteiger partial charge in [-0.15, -0.1) is 0 Å². The Bertz CT molecular complexity index is 1180. The van der Waals surface area contributed by atoms with Gasteiger partial charge in [0, 0.05) is 23.1 Å². The second kappa shape index (κ2) is 11.1. The van der Waals surface area contributed by atoms with Crippen molar-refractivity contribution in [2.45, 2.75) is 13.0 Å². The van der Waals surface area contributed by atoms with E-state index in [1.165, 1.54) is 0 Å². The molecule has 8 nitrogen and oxygen atoms in total. The zero-order valence-electron chi connectivity index (χ0n) is 19.4. The molecule has 0 saturated carbocycles. The Kier molecular flexibility index (Phi) is 7.77. The van der Waals surface area contributed by atoms with E-state index in [9.17, 15) is 9.59 Å². The first kappa shape index (κ1) is 24.4. The largest absolute Gasteiger partial charge is 0.497 e. The Hall–Kier alpha value is -3.72. The number of rotatable bonds is 9. The molecular formula is C26H26BrN3O5. The first-order valence-electron chi connectivity index (χ1n) is 11.0. The molecule has 2 amide bonds.